The minimum Gasteiger partial charge on any atom is -0.398 e. The van der Waals surface area contributed by atoms with Gasteiger partial charge in [-0.15, -0.1) is 5.06 Å². The zero-order chi connectivity index (χ0) is 26.2. The molecular weight excluding hydrogens is 468 g/mol. The smallest absolute Gasteiger partial charge is 0.194 e. The van der Waals surface area contributed by atoms with E-state index in [0.29, 0.717) is 26.4 Å². The van der Waals surface area contributed by atoms with Gasteiger partial charge in [0.15, 0.2) is 14.5 Å². The van der Waals surface area contributed by atoms with E-state index in [1.54, 1.807) is 5.06 Å². The Hall–Kier alpha value is -1.58. The number of unbranched alkanes of at least 4 members (excludes halogenated alkanes) is 1. The highest BCUT2D eigenvalue weighted by molar-refractivity contribution is 6.74. The van der Waals surface area contributed by atoms with Gasteiger partial charge in [-0.3, -0.25) is 9.74 Å². The standard InChI is InChI=1S/C29H46N2O4Si/c1-7-8-19-30-20-27(35-36(5,6)29(2,3)4)31(34-22-25-17-13-10-14-18-25)28(32)26(30)23-33-21-24-15-11-9-12-16-24/h9-18,26-28,32H,7-8,19-23H2,1-6H3/t26-,27+,28-/m1/s1. The Morgan fingerprint density at radius 3 is 2.08 bits per heavy atom. The lowest BCUT2D eigenvalue weighted by atomic mass is 10.1. The van der Waals surface area contributed by atoms with Gasteiger partial charge >= 0.3 is 0 Å². The van der Waals surface area contributed by atoms with Crippen LogP contribution in [0.4, 0.5) is 0 Å². The van der Waals surface area contributed by atoms with Crippen LogP contribution in [0, 0.1) is 0 Å². The molecule has 0 bridgehead atoms. The van der Waals surface area contributed by atoms with Crippen molar-refractivity contribution >= 4 is 8.32 Å². The summed E-state index contributed by atoms with van der Waals surface area (Å²) in [5.41, 5.74) is 2.18. The normalized spacial score (nSPS) is 22.1. The molecule has 6 nitrogen and oxygen atoms in total. The van der Waals surface area contributed by atoms with E-state index in [2.05, 4.69) is 57.8 Å². The molecule has 1 aliphatic rings. The number of hydrogen-bond donors (Lipinski definition) is 1. The van der Waals surface area contributed by atoms with Crippen LogP contribution < -0.4 is 0 Å². The molecule has 36 heavy (non-hydrogen) atoms. The zero-order valence-electron chi connectivity index (χ0n) is 23.0. The molecular formula is C29H46N2O4Si. The maximum Gasteiger partial charge on any atom is 0.194 e. The molecule has 0 unspecified atom stereocenters. The fourth-order valence-corrected chi connectivity index (χ4v) is 5.33. The number of piperazine rings is 1. The fraction of sp³-hybridized carbons (Fsp3) is 0.586. The Morgan fingerprint density at radius 2 is 1.53 bits per heavy atom. The van der Waals surface area contributed by atoms with Gasteiger partial charge in [0, 0.05) is 6.54 Å². The van der Waals surface area contributed by atoms with E-state index >= 15 is 0 Å². The maximum atomic E-state index is 11.7. The molecule has 0 radical (unpaired) electrons. The molecule has 3 atom stereocenters. The van der Waals surface area contributed by atoms with Gasteiger partial charge in [0.1, 0.15) is 6.23 Å². The van der Waals surface area contributed by atoms with Gasteiger partial charge in [0.25, 0.3) is 0 Å². The summed E-state index contributed by atoms with van der Waals surface area (Å²) in [6.45, 7) is 16.3. The second-order valence-corrected chi connectivity index (χ2v) is 16.0. The number of benzene rings is 2. The van der Waals surface area contributed by atoms with Crippen molar-refractivity contribution < 1.29 is 19.1 Å². The van der Waals surface area contributed by atoms with E-state index in [9.17, 15) is 5.11 Å². The summed E-state index contributed by atoms with van der Waals surface area (Å²) in [5.74, 6) is 0. The SMILES string of the molecule is CCCCN1C[C@H](O[Si](C)(C)C(C)(C)C)N(OCc2ccccc2)[C@H](O)[C@H]1COCc1ccccc1. The molecule has 200 valence electrons. The van der Waals surface area contributed by atoms with Crippen LogP contribution in [-0.2, 0) is 27.2 Å². The molecule has 0 aliphatic carbocycles. The molecule has 3 rings (SSSR count). The quantitative estimate of drug-likeness (QED) is 0.362. The maximum absolute atomic E-state index is 11.7. The number of ether oxygens (including phenoxy) is 1. The van der Waals surface area contributed by atoms with Gasteiger partial charge in [-0.2, -0.15) is 0 Å². The predicted octanol–water partition coefficient (Wildman–Crippen LogP) is 5.79. The molecule has 1 saturated heterocycles. The third kappa shape index (κ3) is 7.96. The number of aliphatic hydroxyl groups excluding tert-OH is 1. The van der Waals surface area contributed by atoms with E-state index in [1.807, 2.05) is 48.5 Å². The highest BCUT2D eigenvalue weighted by Gasteiger charge is 2.47. The highest BCUT2D eigenvalue weighted by atomic mass is 28.4. The van der Waals surface area contributed by atoms with Crippen molar-refractivity contribution in [2.45, 2.75) is 90.4 Å². The summed E-state index contributed by atoms with van der Waals surface area (Å²) in [4.78, 5) is 8.63. The monoisotopic (exact) mass is 514 g/mol. The lowest BCUT2D eigenvalue weighted by Gasteiger charge is -2.51. The number of hydrogen-bond acceptors (Lipinski definition) is 6. The van der Waals surface area contributed by atoms with Crippen LogP contribution in [-0.4, -0.2) is 61.6 Å². The summed E-state index contributed by atoms with van der Waals surface area (Å²) in [5, 5.41) is 13.4. The molecule has 7 heteroatoms. The van der Waals surface area contributed by atoms with Crippen molar-refractivity contribution in [1.82, 2.24) is 9.96 Å². The van der Waals surface area contributed by atoms with Crippen molar-refractivity contribution in [3.63, 3.8) is 0 Å². The topological polar surface area (TPSA) is 54.4 Å². The molecule has 2 aromatic carbocycles. The van der Waals surface area contributed by atoms with Crippen LogP contribution in [0.1, 0.15) is 51.7 Å². The zero-order valence-corrected chi connectivity index (χ0v) is 24.0. The Balaban J connectivity index is 1.80. The predicted molar refractivity (Wildman–Crippen MR) is 148 cm³/mol. The molecule has 2 aromatic rings. The van der Waals surface area contributed by atoms with Gasteiger partial charge in [0.2, 0.25) is 0 Å². The average Bonchev–Trinajstić information content (AvgIpc) is 2.84. The van der Waals surface area contributed by atoms with Gasteiger partial charge in [0.05, 0.1) is 25.9 Å². The minimum atomic E-state index is -2.12. The second kappa shape index (κ2) is 13.3. The van der Waals surface area contributed by atoms with Gasteiger partial charge in [-0.25, -0.2) is 0 Å². The van der Waals surface area contributed by atoms with Crippen LogP contribution in [0.3, 0.4) is 0 Å². The Labute approximate surface area is 219 Å². The van der Waals surface area contributed by atoms with Crippen LogP contribution in [0.5, 0.6) is 0 Å². The van der Waals surface area contributed by atoms with Gasteiger partial charge in [-0.1, -0.05) is 94.8 Å². The van der Waals surface area contributed by atoms with Crippen molar-refractivity contribution in [3.8, 4) is 0 Å². The summed E-state index contributed by atoms with van der Waals surface area (Å²) < 4.78 is 13.0. The molecule has 1 aliphatic heterocycles. The average molecular weight is 515 g/mol. The molecule has 1 heterocycles. The van der Waals surface area contributed by atoms with Crippen molar-refractivity contribution in [2.24, 2.45) is 0 Å². The minimum absolute atomic E-state index is 0.0486. The fourth-order valence-electron chi connectivity index (χ4n) is 4.12. The third-order valence-electron chi connectivity index (χ3n) is 7.41. The largest absolute Gasteiger partial charge is 0.398 e. The van der Waals surface area contributed by atoms with Gasteiger partial charge < -0.3 is 14.3 Å². The number of aliphatic hydroxyl groups is 1. The van der Waals surface area contributed by atoms with Crippen molar-refractivity contribution in [2.75, 3.05) is 19.7 Å². The molecule has 0 amide bonds. The first-order chi connectivity index (χ1) is 17.1. The molecule has 0 spiro atoms. The lowest BCUT2D eigenvalue weighted by Crippen LogP contribution is -2.67. The first kappa shape index (κ1) is 29.0. The van der Waals surface area contributed by atoms with Gasteiger partial charge in [-0.05, 0) is 42.2 Å². The van der Waals surface area contributed by atoms with Crippen LogP contribution in [0.15, 0.2) is 60.7 Å². The molecule has 0 aromatic heterocycles. The van der Waals surface area contributed by atoms with E-state index < -0.39 is 14.5 Å². The van der Waals surface area contributed by atoms with Crippen molar-refractivity contribution in [1.29, 1.82) is 0 Å². The molecule has 0 saturated carbocycles. The highest BCUT2D eigenvalue weighted by Crippen LogP contribution is 2.39. The van der Waals surface area contributed by atoms with Crippen molar-refractivity contribution in [3.05, 3.63) is 71.8 Å². The van der Waals surface area contributed by atoms with E-state index in [0.717, 1.165) is 30.5 Å². The summed E-state index contributed by atoms with van der Waals surface area (Å²) in [6, 6.07) is 20.0. The number of hydroxylamine groups is 2. The van der Waals surface area contributed by atoms with E-state index in [-0.39, 0.29) is 17.3 Å². The van der Waals surface area contributed by atoms with E-state index in [4.69, 9.17) is 14.0 Å². The van der Waals surface area contributed by atoms with E-state index in [1.165, 1.54) is 0 Å². The Kier molecular flexibility index (Phi) is 10.7. The third-order valence-corrected chi connectivity index (χ3v) is 11.9. The van der Waals surface area contributed by atoms with Crippen LogP contribution >= 0.6 is 0 Å². The number of nitrogens with zero attached hydrogens (tertiary/aromatic N) is 2. The Morgan fingerprint density at radius 1 is 0.944 bits per heavy atom. The summed E-state index contributed by atoms with van der Waals surface area (Å²) in [7, 11) is -2.12. The summed E-state index contributed by atoms with van der Waals surface area (Å²) in [6.07, 6.45) is 0.919. The Bertz CT molecular complexity index is 891. The lowest BCUT2D eigenvalue weighted by molar-refractivity contribution is -0.340. The van der Waals surface area contributed by atoms with Crippen LogP contribution in [0.25, 0.3) is 0 Å². The first-order valence-electron chi connectivity index (χ1n) is 13.3. The molecule has 1 fully saturated rings. The number of rotatable bonds is 12. The first-order valence-corrected chi connectivity index (χ1v) is 16.2. The van der Waals surface area contributed by atoms with Crippen LogP contribution in [0.2, 0.25) is 18.1 Å². The molecule has 1 N–H and O–H groups in total. The second-order valence-electron chi connectivity index (χ2n) is 11.3. The summed E-state index contributed by atoms with van der Waals surface area (Å²) >= 11 is 0.